The fourth-order valence-electron chi connectivity index (χ4n) is 3.42. The van der Waals surface area contributed by atoms with Crippen LogP contribution in [0.1, 0.15) is 24.0 Å². The summed E-state index contributed by atoms with van der Waals surface area (Å²) in [4.78, 5) is 23.3. The van der Waals surface area contributed by atoms with Gasteiger partial charge in [-0.1, -0.05) is 47.7 Å². The van der Waals surface area contributed by atoms with Gasteiger partial charge in [0.25, 0.3) is 0 Å². The van der Waals surface area contributed by atoms with Gasteiger partial charge in [-0.25, -0.2) is 17.8 Å². The van der Waals surface area contributed by atoms with E-state index in [0.29, 0.717) is 15.3 Å². The number of halogens is 1. The highest BCUT2D eigenvalue weighted by molar-refractivity contribution is 7.90. The second-order valence-electron chi connectivity index (χ2n) is 7.63. The first kappa shape index (κ1) is 23.0. The molecule has 0 atom stereocenters. The fraction of sp³-hybridized carbons (Fsp3) is 0.208. The Bertz CT molecular complexity index is 1340. The van der Waals surface area contributed by atoms with E-state index in [2.05, 4.69) is 9.97 Å². The molecule has 0 radical (unpaired) electrons. The summed E-state index contributed by atoms with van der Waals surface area (Å²) in [6.07, 6.45) is 3.57. The molecule has 0 saturated heterocycles. The average Bonchev–Trinajstić information content (AvgIpc) is 3.21. The van der Waals surface area contributed by atoms with E-state index in [0.717, 1.165) is 11.1 Å². The Labute approximate surface area is 195 Å². The van der Waals surface area contributed by atoms with Crippen molar-refractivity contribution in [2.45, 2.75) is 25.1 Å². The predicted octanol–water partition coefficient (Wildman–Crippen LogP) is 4.76. The second-order valence-corrected chi connectivity index (χ2v) is 10.8. The molecule has 0 bridgehead atoms. The summed E-state index contributed by atoms with van der Waals surface area (Å²) < 4.78 is 39.2. The van der Waals surface area contributed by atoms with E-state index in [4.69, 9.17) is 0 Å². The van der Waals surface area contributed by atoms with Gasteiger partial charge in [0.2, 0.25) is 5.91 Å². The van der Waals surface area contributed by atoms with E-state index in [9.17, 15) is 17.6 Å². The highest BCUT2D eigenvalue weighted by Crippen LogP contribution is 2.31. The monoisotopic (exact) mass is 483 g/mol. The van der Waals surface area contributed by atoms with Crippen molar-refractivity contribution in [1.82, 2.24) is 9.97 Å². The SMILES string of the molecule is O=C(CCCS(=O)(=O)Cc1ccccc1)N(Cc1cccnc1)c1nc2ccc(F)cc2s1. The van der Waals surface area contributed by atoms with Crippen molar-refractivity contribution in [2.24, 2.45) is 0 Å². The van der Waals surface area contributed by atoms with Crippen LogP contribution >= 0.6 is 11.3 Å². The lowest BCUT2D eigenvalue weighted by Crippen LogP contribution is -2.30. The van der Waals surface area contributed by atoms with Crippen LogP contribution in [-0.2, 0) is 26.9 Å². The number of carbonyl (C=O) groups is 1. The Balaban J connectivity index is 1.48. The topological polar surface area (TPSA) is 80.2 Å². The van der Waals surface area contributed by atoms with Gasteiger partial charge in [0.15, 0.2) is 15.0 Å². The Morgan fingerprint density at radius 2 is 1.82 bits per heavy atom. The molecule has 0 fully saturated rings. The molecule has 4 rings (SSSR count). The van der Waals surface area contributed by atoms with E-state index < -0.39 is 9.84 Å². The lowest BCUT2D eigenvalue weighted by molar-refractivity contribution is -0.118. The maximum Gasteiger partial charge on any atom is 0.229 e. The Morgan fingerprint density at radius 1 is 1.03 bits per heavy atom. The van der Waals surface area contributed by atoms with Crippen LogP contribution in [0.5, 0.6) is 0 Å². The molecule has 0 aliphatic rings. The summed E-state index contributed by atoms with van der Waals surface area (Å²) >= 11 is 1.22. The molecule has 2 heterocycles. The summed E-state index contributed by atoms with van der Waals surface area (Å²) in [5.74, 6) is -0.746. The molecule has 2 aromatic heterocycles. The predicted molar refractivity (Wildman–Crippen MR) is 128 cm³/mol. The molecule has 0 N–H and O–H groups in total. The zero-order valence-corrected chi connectivity index (χ0v) is 19.4. The first-order valence-corrected chi connectivity index (χ1v) is 13.0. The number of anilines is 1. The number of hydrogen-bond donors (Lipinski definition) is 0. The standard InChI is InChI=1S/C24H22FN3O3S2/c25-20-10-11-21-22(14-20)32-24(27-21)28(16-19-8-4-12-26-15-19)23(29)9-5-13-33(30,31)17-18-6-2-1-3-7-18/h1-4,6-8,10-12,14-15H,5,9,13,16-17H2. The number of amides is 1. The van der Waals surface area contributed by atoms with E-state index in [1.54, 1.807) is 48.8 Å². The molecule has 4 aromatic rings. The summed E-state index contributed by atoms with van der Waals surface area (Å²) in [6.45, 7) is 0.242. The van der Waals surface area contributed by atoms with Gasteiger partial charge in [0.1, 0.15) is 5.82 Å². The Kier molecular flexibility index (Phi) is 7.10. The molecule has 1 amide bonds. The van der Waals surface area contributed by atoms with Crippen molar-refractivity contribution in [3.05, 3.63) is 90.0 Å². The van der Waals surface area contributed by atoms with Crippen LogP contribution in [0.15, 0.2) is 73.1 Å². The lowest BCUT2D eigenvalue weighted by atomic mass is 10.2. The smallest absolute Gasteiger partial charge is 0.229 e. The summed E-state index contributed by atoms with van der Waals surface area (Å²) in [7, 11) is -3.34. The van der Waals surface area contributed by atoms with Gasteiger partial charge in [-0.15, -0.1) is 0 Å². The third kappa shape index (κ3) is 6.21. The van der Waals surface area contributed by atoms with E-state index >= 15 is 0 Å². The van der Waals surface area contributed by atoms with Crippen molar-refractivity contribution >= 4 is 42.4 Å². The minimum atomic E-state index is -3.34. The number of thiazole rings is 1. The first-order valence-electron chi connectivity index (χ1n) is 10.4. The van der Waals surface area contributed by atoms with Crippen LogP contribution in [0.3, 0.4) is 0 Å². The third-order valence-electron chi connectivity index (χ3n) is 5.01. The van der Waals surface area contributed by atoms with Crippen molar-refractivity contribution in [2.75, 3.05) is 10.7 Å². The van der Waals surface area contributed by atoms with Crippen LogP contribution in [0, 0.1) is 5.82 Å². The molecule has 33 heavy (non-hydrogen) atoms. The molecular weight excluding hydrogens is 461 g/mol. The number of benzene rings is 2. The molecule has 170 valence electrons. The molecule has 6 nitrogen and oxygen atoms in total. The number of rotatable bonds is 9. The van der Waals surface area contributed by atoms with Crippen LogP contribution < -0.4 is 4.90 Å². The molecule has 0 aliphatic carbocycles. The van der Waals surface area contributed by atoms with Crippen LogP contribution in [0.2, 0.25) is 0 Å². The maximum atomic E-state index is 13.6. The number of carbonyl (C=O) groups excluding carboxylic acids is 1. The number of pyridine rings is 1. The lowest BCUT2D eigenvalue weighted by Gasteiger charge is -2.20. The number of sulfone groups is 1. The first-order chi connectivity index (χ1) is 15.9. The van der Waals surface area contributed by atoms with Crippen LogP contribution in [0.4, 0.5) is 9.52 Å². The second kappa shape index (κ2) is 10.2. The van der Waals surface area contributed by atoms with Crippen LogP contribution in [-0.4, -0.2) is 30.0 Å². The molecular formula is C24H22FN3O3S2. The van der Waals surface area contributed by atoms with Gasteiger partial charge in [-0.3, -0.25) is 14.7 Å². The van der Waals surface area contributed by atoms with E-state index in [-0.39, 0.29) is 42.6 Å². The molecule has 0 spiro atoms. The van der Waals surface area contributed by atoms with Crippen molar-refractivity contribution in [1.29, 1.82) is 0 Å². The zero-order valence-electron chi connectivity index (χ0n) is 17.7. The van der Waals surface area contributed by atoms with Gasteiger partial charge in [-0.05, 0) is 41.8 Å². The largest absolute Gasteiger partial charge is 0.284 e. The van der Waals surface area contributed by atoms with Gasteiger partial charge in [0.05, 0.1) is 28.3 Å². The van der Waals surface area contributed by atoms with Gasteiger partial charge in [-0.2, -0.15) is 0 Å². The highest BCUT2D eigenvalue weighted by Gasteiger charge is 2.21. The van der Waals surface area contributed by atoms with Crippen molar-refractivity contribution < 1.29 is 17.6 Å². The molecule has 9 heteroatoms. The average molecular weight is 484 g/mol. The van der Waals surface area contributed by atoms with Gasteiger partial charge < -0.3 is 0 Å². The maximum absolute atomic E-state index is 13.6. The van der Waals surface area contributed by atoms with E-state index in [1.165, 1.54) is 28.4 Å². The van der Waals surface area contributed by atoms with Gasteiger partial charge >= 0.3 is 0 Å². The zero-order chi connectivity index (χ0) is 23.3. The van der Waals surface area contributed by atoms with Crippen LogP contribution in [0.25, 0.3) is 10.2 Å². The summed E-state index contributed by atoms with van der Waals surface area (Å²) in [5.41, 5.74) is 2.14. The van der Waals surface area contributed by atoms with E-state index in [1.807, 2.05) is 12.1 Å². The van der Waals surface area contributed by atoms with Crippen molar-refractivity contribution in [3.63, 3.8) is 0 Å². The third-order valence-corrected chi connectivity index (χ3v) is 7.74. The summed E-state index contributed by atoms with van der Waals surface area (Å²) in [6, 6.07) is 16.9. The number of aromatic nitrogens is 2. The van der Waals surface area contributed by atoms with Gasteiger partial charge in [0, 0.05) is 18.8 Å². The number of hydrogen-bond acceptors (Lipinski definition) is 6. The molecule has 2 aromatic carbocycles. The van der Waals surface area contributed by atoms with Crippen molar-refractivity contribution in [3.8, 4) is 0 Å². The fourth-order valence-corrected chi connectivity index (χ4v) is 5.85. The molecule has 0 unspecified atom stereocenters. The minimum absolute atomic E-state index is 0.0507. The molecule has 0 saturated carbocycles. The minimum Gasteiger partial charge on any atom is -0.284 e. The Hall–Kier alpha value is -3.17. The summed E-state index contributed by atoms with van der Waals surface area (Å²) in [5, 5.41) is 0.441. The highest BCUT2D eigenvalue weighted by atomic mass is 32.2. The Morgan fingerprint density at radius 3 is 2.58 bits per heavy atom. The number of nitrogens with zero attached hydrogens (tertiary/aromatic N) is 3. The quantitative estimate of drug-likeness (QED) is 0.343. The number of fused-ring (bicyclic) bond motifs is 1. The normalized spacial score (nSPS) is 11.5. The molecule has 0 aliphatic heterocycles.